The van der Waals surface area contributed by atoms with Crippen LogP contribution >= 0.6 is 23.2 Å². The Kier molecular flexibility index (Phi) is 4.13. The zero-order valence-electron chi connectivity index (χ0n) is 10.8. The second kappa shape index (κ2) is 5.45. The Morgan fingerprint density at radius 1 is 1.33 bits per heavy atom. The first-order valence-electron chi connectivity index (χ1n) is 6.25. The van der Waals surface area contributed by atoms with Crippen molar-refractivity contribution in [2.24, 2.45) is 0 Å². The van der Waals surface area contributed by atoms with Gasteiger partial charge in [-0.2, -0.15) is 0 Å². The zero-order chi connectivity index (χ0) is 13.3. The fraction of sp³-hybridized carbons (Fsp3) is 0.538. The molecule has 2 aromatic rings. The largest absolute Gasteiger partial charge is 0.308 e. The van der Waals surface area contributed by atoms with Crippen molar-refractivity contribution in [2.75, 3.05) is 0 Å². The number of alkyl halides is 1. The number of nitrogens with zero attached hydrogens (tertiary/aromatic N) is 3. The maximum Gasteiger partial charge on any atom is 0.160 e. The highest BCUT2D eigenvalue weighted by atomic mass is 35.5. The third-order valence-corrected chi connectivity index (χ3v) is 3.59. The summed E-state index contributed by atoms with van der Waals surface area (Å²) in [6.45, 7) is 6.26. The van der Waals surface area contributed by atoms with Gasteiger partial charge in [0, 0.05) is 12.2 Å². The molecule has 0 fully saturated rings. The molecule has 1 atom stereocenters. The standard InChI is InChI=1S/C13H17Cl2N3/c1-4-10(5-2)18-12(8(3)14)17-11-6-9(15)7-16-13(11)18/h6-8,10H,4-5H2,1-3H3. The first-order valence-corrected chi connectivity index (χ1v) is 7.07. The summed E-state index contributed by atoms with van der Waals surface area (Å²) >= 11 is 12.2. The molecule has 0 saturated carbocycles. The molecule has 0 N–H and O–H groups in total. The van der Waals surface area contributed by atoms with Crippen LogP contribution in [0.1, 0.15) is 50.9 Å². The molecule has 2 rings (SSSR count). The lowest BCUT2D eigenvalue weighted by atomic mass is 10.1. The third kappa shape index (κ3) is 2.34. The van der Waals surface area contributed by atoms with E-state index in [1.54, 1.807) is 6.20 Å². The highest BCUT2D eigenvalue weighted by molar-refractivity contribution is 6.31. The van der Waals surface area contributed by atoms with E-state index in [0.29, 0.717) is 11.1 Å². The number of imidazole rings is 1. The summed E-state index contributed by atoms with van der Waals surface area (Å²) in [5.41, 5.74) is 1.69. The Labute approximate surface area is 117 Å². The van der Waals surface area contributed by atoms with Crippen LogP contribution in [-0.4, -0.2) is 14.5 Å². The van der Waals surface area contributed by atoms with Crippen LogP contribution in [0.5, 0.6) is 0 Å². The summed E-state index contributed by atoms with van der Waals surface area (Å²) in [6, 6.07) is 2.21. The molecular formula is C13H17Cl2N3. The molecule has 0 aliphatic rings. The normalized spacial score (nSPS) is 13.4. The van der Waals surface area contributed by atoms with Crippen LogP contribution in [-0.2, 0) is 0 Å². The second-order valence-corrected chi connectivity index (χ2v) is 5.51. The predicted octanol–water partition coefficient (Wildman–Crippen LogP) is 4.75. The molecule has 18 heavy (non-hydrogen) atoms. The average Bonchev–Trinajstić information content (AvgIpc) is 2.70. The minimum absolute atomic E-state index is 0.140. The lowest BCUT2D eigenvalue weighted by molar-refractivity contribution is 0.464. The summed E-state index contributed by atoms with van der Waals surface area (Å²) in [5, 5.41) is 0.462. The van der Waals surface area contributed by atoms with Gasteiger partial charge in [-0.1, -0.05) is 25.4 Å². The minimum atomic E-state index is -0.140. The molecule has 0 amide bonds. The number of hydrogen-bond donors (Lipinski definition) is 0. The molecule has 0 aromatic carbocycles. The van der Waals surface area contributed by atoms with Crippen LogP contribution in [0.4, 0.5) is 0 Å². The number of aromatic nitrogens is 3. The quantitative estimate of drug-likeness (QED) is 0.760. The number of fused-ring (bicyclic) bond motifs is 1. The van der Waals surface area contributed by atoms with Crippen molar-refractivity contribution >= 4 is 34.4 Å². The van der Waals surface area contributed by atoms with E-state index in [2.05, 4.69) is 28.4 Å². The molecule has 1 unspecified atom stereocenters. The molecule has 0 bridgehead atoms. The fourth-order valence-corrected chi connectivity index (χ4v) is 2.58. The van der Waals surface area contributed by atoms with Gasteiger partial charge < -0.3 is 4.57 Å². The van der Waals surface area contributed by atoms with Gasteiger partial charge in [0.1, 0.15) is 11.3 Å². The van der Waals surface area contributed by atoms with Crippen LogP contribution in [0.25, 0.3) is 11.2 Å². The van der Waals surface area contributed by atoms with Crippen LogP contribution < -0.4 is 0 Å². The molecule has 0 aliphatic heterocycles. The summed E-state index contributed by atoms with van der Waals surface area (Å²) in [5.74, 6) is 0.870. The molecular weight excluding hydrogens is 269 g/mol. The Bertz CT molecular complexity index is 544. The zero-order valence-corrected chi connectivity index (χ0v) is 12.3. The van der Waals surface area contributed by atoms with Gasteiger partial charge >= 0.3 is 0 Å². The monoisotopic (exact) mass is 285 g/mol. The molecule has 98 valence electrons. The van der Waals surface area contributed by atoms with Crippen molar-refractivity contribution in [2.45, 2.75) is 45.0 Å². The van der Waals surface area contributed by atoms with E-state index < -0.39 is 0 Å². The topological polar surface area (TPSA) is 30.7 Å². The number of rotatable bonds is 4. The lowest BCUT2D eigenvalue weighted by Gasteiger charge is -2.19. The minimum Gasteiger partial charge on any atom is -0.308 e. The van der Waals surface area contributed by atoms with Gasteiger partial charge in [0.2, 0.25) is 0 Å². The van der Waals surface area contributed by atoms with Crippen LogP contribution in [0, 0.1) is 0 Å². The lowest BCUT2D eigenvalue weighted by Crippen LogP contribution is -2.12. The molecule has 0 spiro atoms. The SMILES string of the molecule is CCC(CC)n1c(C(C)Cl)nc2cc(Cl)cnc21. The third-order valence-electron chi connectivity index (χ3n) is 3.19. The number of hydrogen-bond acceptors (Lipinski definition) is 2. The molecule has 3 nitrogen and oxygen atoms in total. The van der Waals surface area contributed by atoms with E-state index in [1.807, 2.05) is 13.0 Å². The van der Waals surface area contributed by atoms with Gasteiger partial charge in [0.25, 0.3) is 0 Å². The molecule has 5 heteroatoms. The van der Waals surface area contributed by atoms with Crippen LogP contribution in [0.15, 0.2) is 12.3 Å². The highest BCUT2D eigenvalue weighted by Gasteiger charge is 2.20. The fourth-order valence-electron chi connectivity index (χ4n) is 2.27. The van der Waals surface area contributed by atoms with E-state index in [9.17, 15) is 0 Å². The molecule has 2 heterocycles. The van der Waals surface area contributed by atoms with E-state index in [1.165, 1.54) is 0 Å². The maximum atomic E-state index is 6.23. The summed E-state index contributed by atoms with van der Waals surface area (Å²) in [7, 11) is 0. The number of halogens is 2. The van der Waals surface area contributed by atoms with E-state index in [4.69, 9.17) is 23.2 Å². The Morgan fingerprint density at radius 3 is 2.56 bits per heavy atom. The van der Waals surface area contributed by atoms with E-state index in [0.717, 1.165) is 29.8 Å². The van der Waals surface area contributed by atoms with Crippen molar-refractivity contribution in [3.05, 3.63) is 23.1 Å². The van der Waals surface area contributed by atoms with Gasteiger partial charge in [-0.05, 0) is 25.8 Å². The first kappa shape index (κ1) is 13.6. The van der Waals surface area contributed by atoms with E-state index in [-0.39, 0.29) is 5.38 Å². The predicted molar refractivity (Wildman–Crippen MR) is 76.4 cm³/mol. The molecule has 0 aliphatic carbocycles. The van der Waals surface area contributed by atoms with Gasteiger partial charge in [0.15, 0.2) is 5.65 Å². The smallest absolute Gasteiger partial charge is 0.160 e. The highest BCUT2D eigenvalue weighted by Crippen LogP contribution is 2.30. The van der Waals surface area contributed by atoms with Crippen molar-refractivity contribution in [3.63, 3.8) is 0 Å². The van der Waals surface area contributed by atoms with Crippen molar-refractivity contribution in [3.8, 4) is 0 Å². The van der Waals surface area contributed by atoms with Crippen molar-refractivity contribution in [1.82, 2.24) is 14.5 Å². The summed E-state index contributed by atoms with van der Waals surface area (Å²) in [6.07, 6.45) is 3.72. The molecule has 2 aromatic heterocycles. The van der Waals surface area contributed by atoms with Gasteiger partial charge in [-0.15, -0.1) is 11.6 Å². The van der Waals surface area contributed by atoms with Gasteiger partial charge in [-0.3, -0.25) is 0 Å². The van der Waals surface area contributed by atoms with Crippen LogP contribution in [0.3, 0.4) is 0 Å². The molecule has 0 radical (unpaired) electrons. The van der Waals surface area contributed by atoms with Crippen LogP contribution in [0.2, 0.25) is 5.02 Å². The average molecular weight is 286 g/mol. The Morgan fingerprint density at radius 2 is 2.00 bits per heavy atom. The summed E-state index contributed by atoms with van der Waals surface area (Å²) in [4.78, 5) is 8.98. The Hall–Kier alpha value is -0.800. The summed E-state index contributed by atoms with van der Waals surface area (Å²) < 4.78 is 2.16. The van der Waals surface area contributed by atoms with Crippen molar-refractivity contribution < 1.29 is 0 Å². The van der Waals surface area contributed by atoms with Crippen molar-refractivity contribution in [1.29, 1.82) is 0 Å². The van der Waals surface area contributed by atoms with Gasteiger partial charge in [-0.25, -0.2) is 9.97 Å². The first-order chi connectivity index (χ1) is 8.58. The molecule has 0 saturated heterocycles. The number of pyridine rings is 1. The van der Waals surface area contributed by atoms with E-state index >= 15 is 0 Å². The Balaban J connectivity index is 2.69. The second-order valence-electron chi connectivity index (χ2n) is 4.42. The van der Waals surface area contributed by atoms with Gasteiger partial charge in [0.05, 0.1) is 10.4 Å². The maximum absolute atomic E-state index is 6.23.